The van der Waals surface area contributed by atoms with Gasteiger partial charge >= 0.3 is 0 Å². The fraction of sp³-hybridized carbons (Fsp3) is 0.226. The zero-order chi connectivity index (χ0) is 28.4. The minimum Gasteiger partial charge on any atom is -0.439 e. The summed E-state index contributed by atoms with van der Waals surface area (Å²) in [6, 6.07) is 20.2. The SMILES string of the molecule is CCn1c(/C=C/C=C2\Oc3ccc(-c4ccccc4)cc3N2C)c(CCCCS(=O)(=O)O)c2cc(Cl)c(Cl)cc21. The van der Waals surface area contributed by atoms with E-state index in [1.165, 1.54) is 0 Å². The molecule has 0 amide bonds. The van der Waals surface area contributed by atoms with E-state index >= 15 is 0 Å². The van der Waals surface area contributed by atoms with Crippen LogP contribution in [0.25, 0.3) is 28.1 Å². The van der Waals surface area contributed by atoms with Crippen LogP contribution in [-0.2, 0) is 23.1 Å². The molecule has 1 aromatic heterocycles. The molecular weight excluding hydrogens is 567 g/mol. The number of halogens is 2. The Kier molecular flexibility index (Phi) is 8.29. The van der Waals surface area contributed by atoms with E-state index in [9.17, 15) is 8.42 Å². The highest BCUT2D eigenvalue weighted by molar-refractivity contribution is 7.85. The van der Waals surface area contributed by atoms with Crippen LogP contribution >= 0.6 is 23.2 Å². The summed E-state index contributed by atoms with van der Waals surface area (Å²) in [6.45, 7) is 2.77. The Morgan fingerprint density at radius 3 is 2.45 bits per heavy atom. The topological polar surface area (TPSA) is 71.8 Å². The largest absolute Gasteiger partial charge is 0.439 e. The maximum atomic E-state index is 11.2. The molecule has 3 aromatic carbocycles. The molecule has 1 aliphatic rings. The van der Waals surface area contributed by atoms with Crippen LogP contribution in [-0.4, -0.2) is 30.3 Å². The normalized spacial score (nSPS) is 14.4. The van der Waals surface area contributed by atoms with Gasteiger partial charge < -0.3 is 14.2 Å². The van der Waals surface area contributed by atoms with E-state index < -0.39 is 10.1 Å². The molecule has 40 heavy (non-hydrogen) atoms. The van der Waals surface area contributed by atoms with Crippen LogP contribution in [0.5, 0.6) is 5.75 Å². The Hall–Kier alpha value is -3.23. The van der Waals surface area contributed by atoms with Crippen LogP contribution in [0.3, 0.4) is 0 Å². The maximum Gasteiger partial charge on any atom is 0.264 e. The summed E-state index contributed by atoms with van der Waals surface area (Å²) in [5.41, 5.74) is 6.26. The van der Waals surface area contributed by atoms with E-state index in [2.05, 4.69) is 35.8 Å². The van der Waals surface area contributed by atoms with Crippen molar-refractivity contribution in [1.29, 1.82) is 0 Å². The fourth-order valence-electron chi connectivity index (χ4n) is 5.16. The van der Waals surface area contributed by atoms with Gasteiger partial charge in [0.25, 0.3) is 10.1 Å². The summed E-state index contributed by atoms with van der Waals surface area (Å²) in [6.07, 6.45) is 7.50. The number of hydrogen-bond acceptors (Lipinski definition) is 4. The summed E-state index contributed by atoms with van der Waals surface area (Å²) in [7, 11) is -2.02. The highest BCUT2D eigenvalue weighted by Gasteiger charge is 2.23. The maximum absolute atomic E-state index is 11.2. The van der Waals surface area contributed by atoms with Gasteiger partial charge in [-0.05, 0) is 79.3 Å². The van der Waals surface area contributed by atoms with Crippen molar-refractivity contribution in [3.8, 4) is 16.9 Å². The Morgan fingerprint density at radius 1 is 0.975 bits per heavy atom. The van der Waals surface area contributed by atoms with Crippen molar-refractivity contribution < 1.29 is 17.7 Å². The molecule has 6 nitrogen and oxygen atoms in total. The second-order valence-corrected chi connectivity index (χ2v) is 12.1. The molecule has 0 aliphatic carbocycles. The molecular formula is C31H30Cl2N2O4S. The van der Waals surface area contributed by atoms with Gasteiger partial charge in [0, 0.05) is 24.7 Å². The quantitative estimate of drug-likeness (QED) is 0.156. The van der Waals surface area contributed by atoms with Gasteiger partial charge in [0.05, 0.1) is 27.0 Å². The number of hydrogen-bond donors (Lipinski definition) is 1. The van der Waals surface area contributed by atoms with Crippen LogP contribution in [0, 0.1) is 0 Å². The van der Waals surface area contributed by atoms with Gasteiger partial charge in [0.15, 0.2) is 11.6 Å². The van der Waals surface area contributed by atoms with Crippen molar-refractivity contribution in [1.82, 2.24) is 4.57 Å². The lowest BCUT2D eigenvalue weighted by Gasteiger charge is -2.11. The third-order valence-electron chi connectivity index (χ3n) is 7.12. The Bertz CT molecular complexity index is 1730. The van der Waals surface area contributed by atoms with Crippen molar-refractivity contribution in [2.75, 3.05) is 17.7 Å². The third kappa shape index (κ3) is 5.93. The number of nitrogens with zero attached hydrogens (tertiary/aromatic N) is 2. The molecule has 0 atom stereocenters. The molecule has 0 bridgehead atoms. The number of aromatic nitrogens is 1. The number of anilines is 1. The molecule has 0 spiro atoms. The summed E-state index contributed by atoms with van der Waals surface area (Å²) in [4.78, 5) is 2.03. The van der Waals surface area contributed by atoms with Gasteiger partial charge in [-0.3, -0.25) is 4.55 Å². The number of benzene rings is 3. The summed E-state index contributed by atoms with van der Waals surface area (Å²) >= 11 is 12.8. The summed E-state index contributed by atoms with van der Waals surface area (Å²) in [5, 5.41) is 1.92. The van der Waals surface area contributed by atoms with E-state index in [4.69, 9.17) is 32.5 Å². The second-order valence-electron chi connectivity index (χ2n) is 9.71. The molecule has 5 rings (SSSR count). The molecule has 2 heterocycles. The standard InChI is InChI=1S/C31H30Cl2N2O4S/c1-3-35-27(23(12-7-8-17-40(36,37)38)24-19-25(32)26(33)20-28(24)35)13-9-14-31-34(2)29-18-22(15-16-30(29)39-31)21-10-5-4-6-11-21/h4-6,9-11,13-16,18-20H,3,7-8,12,17H2,1-2H3,(H,36,37,38)/b13-9+,31-14-. The average molecular weight is 598 g/mol. The lowest BCUT2D eigenvalue weighted by atomic mass is 10.0. The monoisotopic (exact) mass is 596 g/mol. The summed E-state index contributed by atoms with van der Waals surface area (Å²) in [5.74, 6) is 1.24. The molecule has 0 radical (unpaired) electrons. The lowest BCUT2D eigenvalue weighted by molar-refractivity contribution is 0.444. The highest BCUT2D eigenvalue weighted by Crippen LogP contribution is 2.41. The van der Waals surface area contributed by atoms with Crippen molar-refractivity contribution >= 4 is 56.0 Å². The van der Waals surface area contributed by atoms with Gasteiger partial charge in [-0.15, -0.1) is 0 Å². The van der Waals surface area contributed by atoms with Crippen molar-refractivity contribution in [2.45, 2.75) is 32.7 Å². The molecule has 4 aromatic rings. The van der Waals surface area contributed by atoms with E-state index in [0.29, 0.717) is 41.7 Å². The molecule has 0 unspecified atom stereocenters. The van der Waals surface area contributed by atoms with Gasteiger partial charge in [-0.1, -0.05) is 65.7 Å². The number of aryl methyl sites for hydroxylation is 2. The predicted molar refractivity (Wildman–Crippen MR) is 165 cm³/mol. The molecule has 1 N–H and O–H groups in total. The zero-order valence-corrected chi connectivity index (χ0v) is 24.6. The molecule has 0 fully saturated rings. The van der Waals surface area contributed by atoms with Gasteiger partial charge in [0.1, 0.15) is 0 Å². The predicted octanol–water partition coefficient (Wildman–Crippen LogP) is 8.23. The number of rotatable bonds is 9. The Labute approximate surface area is 244 Å². The number of fused-ring (bicyclic) bond motifs is 2. The Morgan fingerprint density at radius 2 is 1.73 bits per heavy atom. The van der Waals surface area contributed by atoms with E-state index in [0.717, 1.165) is 44.7 Å². The Balaban J connectivity index is 1.45. The first-order valence-corrected chi connectivity index (χ1v) is 15.5. The minimum atomic E-state index is -4.00. The smallest absolute Gasteiger partial charge is 0.264 e. The van der Waals surface area contributed by atoms with Crippen molar-refractivity contribution in [2.24, 2.45) is 0 Å². The minimum absolute atomic E-state index is 0.264. The number of allylic oxidation sites excluding steroid dienone is 2. The fourth-order valence-corrected chi connectivity index (χ4v) is 6.05. The van der Waals surface area contributed by atoms with Crippen LogP contribution in [0.2, 0.25) is 10.0 Å². The molecule has 0 saturated carbocycles. The molecule has 9 heteroatoms. The highest BCUT2D eigenvalue weighted by atomic mass is 35.5. The second kappa shape index (κ2) is 11.7. The molecule has 1 aliphatic heterocycles. The van der Waals surface area contributed by atoms with Gasteiger partial charge in [0.2, 0.25) is 0 Å². The summed E-state index contributed by atoms with van der Waals surface area (Å²) < 4.78 is 39.9. The number of unbranched alkanes of at least 4 members (excludes halogenated alkanes) is 1. The van der Waals surface area contributed by atoms with E-state index in [1.54, 1.807) is 0 Å². The average Bonchev–Trinajstić information content (AvgIpc) is 3.39. The van der Waals surface area contributed by atoms with Crippen LogP contribution < -0.4 is 9.64 Å². The number of ether oxygens (including phenoxy) is 1. The first kappa shape index (κ1) is 28.3. The van der Waals surface area contributed by atoms with Crippen LogP contribution in [0.4, 0.5) is 5.69 Å². The first-order valence-electron chi connectivity index (χ1n) is 13.1. The van der Waals surface area contributed by atoms with Crippen LogP contribution in [0.1, 0.15) is 31.0 Å². The van der Waals surface area contributed by atoms with Gasteiger partial charge in [-0.25, -0.2) is 0 Å². The first-order chi connectivity index (χ1) is 19.2. The third-order valence-corrected chi connectivity index (χ3v) is 8.64. The van der Waals surface area contributed by atoms with Crippen molar-refractivity contribution in [3.05, 3.63) is 100 Å². The zero-order valence-electron chi connectivity index (χ0n) is 22.3. The van der Waals surface area contributed by atoms with Gasteiger partial charge in [-0.2, -0.15) is 8.42 Å². The molecule has 0 saturated heterocycles. The van der Waals surface area contributed by atoms with E-state index in [1.807, 2.05) is 66.6 Å². The van der Waals surface area contributed by atoms with Crippen molar-refractivity contribution in [3.63, 3.8) is 0 Å². The molecule has 208 valence electrons. The van der Waals surface area contributed by atoms with Crippen LogP contribution in [0.15, 0.2) is 78.7 Å². The lowest BCUT2D eigenvalue weighted by Crippen LogP contribution is -2.12. The van der Waals surface area contributed by atoms with E-state index in [-0.39, 0.29) is 5.75 Å².